The maximum absolute atomic E-state index is 11.5. The zero-order chi connectivity index (χ0) is 13.2. The van der Waals surface area contributed by atoms with E-state index in [0.29, 0.717) is 18.0 Å². The molecule has 0 saturated carbocycles. The van der Waals surface area contributed by atoms with E-state index >= 15 is 0 Å². The standard InChI is InChI=1S/C11H14ClN3O2S/c1-2-18(16,17)7-6-15-10(8-12)14-9-4-3-5-13-11(9)15/h3-5H,2,6-8H2,1H3. The van der Waals surface area contributed by atoms with Crippen LogP contribution < -0.4 is 0 Å². The first-order valence-corrected chi connectivity index (χ1v) is 7.99. The van der Waals surface area contributed by atoms with Gasteiger partial charge >= 0.3 is 0 Å². The minimum absolute atomic E-state index is 0.0788. The Morgan fingerprint density at radius 1 is 1.44 bits per heavy atom. The molecule has 0 unspecified atom stereocenters. The Bertz CT molecular complexity index is 651. The molecule has 0 amide bonds. The molecule has 0 aliphatic heterocycles. The summed E-state index contributed by atoms with van der Waals surface area (Å²) >= 11 is 5.83. The Morgan fingerprint density at radius 3 is 2.89 bits per heavy atom. The van der Waals surface area contributed by atoms with E-state index in [1.165, 1.54) is 0 Å². The van der Waals surface area contributed by atoms with Crippen LogP contribution in [0.4, 0.5) is 0 Å². The van der Waals surface area contributed by atoms with E-state index in [1.54, 1.807) is 23.8 Å². The van der Waals surface area contributed by atoms with E-state index in [4.69, 9.17) is 11.6 Å². The average molecular weight is 288 g/mol. The monoisotopic (exact) mass is 287 g/mol. The highest BCUT2D eigenvalue weighted by molar-refractivity contribution is 7.91. The molecule has 2 rings (SSSR count). The Balaban J connectivity index is 2.37. The molecule has 0 spiro atoms. The quantitative estimate of drug-likeness (QED) is 0.784. The van der Waals surface area contributed by atoms with Gasteiger partial charge in [-0.25, -0.2) is 18.4 Å². The third kappa shape index (κ3) is 2.64. The van der Waals surface area contributed by atoms with Gasteiger partial charge in [0.2, 0.25) is 0 Å². The van der Waals surface area contributed by atoms with Crippen LogP contribution in [-0.2, 0) is 22.3 Å². The van der Waals surface area contributed by atoms with Gasteiger partial charge in [-0.15, -0.1) is 11.6 Å². The maximum Gasteiger partial charge on any atom is 0.160 e. The van der Waals surface area contributed by atoms with Gasteiger partial charge in [-0.3, -0.25) is 0 Å². The lowest BCUT2D eigenvalue weighted by Crippen LogP contribution is -2.16. The first-order chi connectivity index (χ1) is 8.57. The van der Waals surface area contributed by atoms with Crippen molar-refractivity contribution in [2.24, 2.45) is 0 Å². The third-order valence-corrected chi connectivity index (χ3v) is 4.69. The van der Waals surface area contributed by atoms with E-state index in [1.807, 2.05) is 6.07 Å². The molecular formula is C11H14ClN3O2S. The van der Waals surface area contributed by atoms with Crippen LogP contribution in [0, 0.1) is 0 Å². The van der Waals surface area contributed by atoms with Crippen molar-refractivity contribution in [2.45, 2.75) is 19.3 Å². The van der Waals surface area contributed by atoms with Gasteiger partial charge < -0.3 is 4.57 Å². The summed E-state index contributed by atoms with van der Waals surface area (Å²) in [7, 11) is -3.01. The van der Waals surface area contributed by atoms with Crippen LogP contribution in [0.1, 0.15) is 12.7 Å². The number of hydrogen-bond acceptors (Lipinski definition) is 4. The molecule has 0 aromatic carbocycles. The van der Waals surface area contributed by atoms with Crippen molar-refractivity contribution < 1.29 is 8.42 Å². The fraction of sp³-hybridized carbons (Fsp3) is 0.455. The van der Waals surface area contributed by atoms with Crippen LogP contribution in [0.2, 0.25) is 0 Å². The first kappa shape index (κ1) is 13.3. The number of aryl methyl sites for hydroxylation is 1. The largest absolute Gasteiger partial charge is 0.311 e. The maximum atomic E-state index is 11.5. The molecular weight excluding hydrogens is 274 g/mol. The molecule has 0 aliphatic carbocycles. The van der Waals surface area contributed by atoms with Gasteiger partial charge in [0.05, 0.1) is 11.6 Å². The third-order valence-electron chi connectivity index (χ3n) is 2.77. The highest BCUT2D eigenvalue weighted by Gasteiger charge is 2.14. The lowest BCUT2D eigenvalue weighted by molar-refractivity contribution is 0.589. The highest BCUT2D eigenvalue weighted by atomic mass is 35.5. The fourth-order valence-corrected chi connectivity index (χ4v) is 2.67. The lowest BCUT2D eigenvalue weighted by atomic mass is 10.4. The predicted molar refractivity (Wildman–Crippen MR) is 71.4 cm³/mol. The van der Waals surface area contributed by atoms with Crippen molar-refractivity contribution in [1.29, 1.82) is 0 Å². The number of sulfone groups is 1. The Hall–Kier alpha value is -1.14. The second kappa shape index (κ2) is 5.24. The number of pyridine rings is 1. The van der Waals surface area contributed by atoms with E-state index in [2.05, 4.69) is 9.97 Å². The second-order valence-electron chi connectivity index (χ2n) is 3.90. The average Bonchev–Trinajstić information content (AvgIpc) is 2.74. The summed E-state index contributed by atoms with van der Waals surface area (Å²) < 4.78 is 24.9. The number of fused-ring (bicyclic) bond motifs is 1. The SMILES string of the molecule is CCS(=O)(=O)CCn1c(CCl)nc2cccnc21. The smallest absolute Gasteiger partial charge is 0.160 e. The van der Waals surface area contributed by atoms with Crippen molar-refractivity contribution in [3.05, 3.63) is 24.2 Å². The normalized spacial score (nSPS) is 12.1. The van der Waals surface area contributed by atoms with Crippen molar-refractivity contribution in [3.8, 4) is 0 Å². The summed E-state index contributed by atoms with van der Waals surface area (Å²) in [6, 6.07) is 3.63. The summed E-state index contributed by atoms with van der Waals surface area (Å²) in [6.07, 6.45) is 1.66. The van der Waals surface area contributed by atoms with E-state index < -0.39 is 9.84 Å². The molecule has 5 nitrogen and oxygen atoms in total. The molecule has 2 heterocycles. The summed E-state index contributed by atoms with van der Waals surface area (Å²) in [5.74, 6) is 1.11. The Kier molecular flexibility index (Phi) is 3.87. The molecule has 7 heteroatoms. The Morgan fingerprint density at radius 2 is 2.22 bits per heavy atom. The summed E-state index contributed by atoms with van der Waals surface area (Å²) in [5, 5.41) is 0. The van der Waals surface area contributed by atoms with Gasteiger partial charge in [-0.2, -0.15) is 0 Å². The topological polar surface area (TPSA) is 64.8 Å². The molecule has 0 radical (unpaired) electrons. The van der Waals surface area contributed by atoms with E-state index in [0.717, 1.165) is 5.52 Å². The predicted octanol–water partition coefficient (Wildman–Crippen LogP) is 1.60. The first-order valence-electron chi connectivity index (χ1n) is 5.64. The van der Waals surface area contributed by atoms with Gasteiger partial charge in [-0.1, -0.05) is 6.92 Å². The summed E-state index contributed by atoms with van der Waals surface area (Å²) in [5.41, 5.74) is 1.42. The van der Waals surface area contributed by atoms with Crippen molar-refractivity contribution in [2.75, 3.05) is 11.5 Å². The van der Waals surface area contributed by atoms with Gasteiger partial charge in [0, 0.05) is 18.5 Å². The highest BCUT2D eigenvalue weighted by Crippen LogP contribution is 2.15. The minimum Gasteiger partial charge on any atom is -0.311 e. The lowest BCUT2D eigenvalue weighted by Gasteiger charge is -2.06. The number of aromatic nitrogens is 3. The zero-order valence-corrected chi connectivity index (χ0v) is 11.6. The number of halogens is 1. The molecule has 0 atom stereocenters. The number of imidazole rings is 1. The number of hydrogen-bond donors (Lipinski definition) is 0. The number of rotatable bonds is 5. The van der Waals surface area contributed by atoms with Gasteiger partial charge in [0.25, 0.3) is 0 Å². The molecule has 0 N–H and O–H groups in total. The van der Waals surface area contributed by atoms with E-state index in [-0.39, 0.29) is 17.4 Å². The molecule has 0 aliphatic rings. The second-order valence-corrected chi connectivity index (χ2v) is 6.64. The van der Waals surface area contributed by atoms with Crippen LogP contribution in [0.3, 0.4) is 0 Å². The van der Waals surface area contributed by atoms with Gasteiger partial charge in [-0.05, 0) is 12.1 Å². The summed E-state index contributed by atoms with van der Waals surface area (Å²) in [4.78, 5) is 8.55. The van der Waals surface area contributed by atoms with Crippen LogP contribution >= 0.6 is 11.6 Å². The molecule has 2 aromatic rings. The van der Waals surface area contributed by atoms with E-state index in [9.17, 15) is 8.42 Å². The van der Waals surface area contributed by atoms with Crippen LogP contribution in [0.15, 0.2) is 18.3 Å². The van der Waals surface area contributed by atoms with Crippen molar-refractivity contribution in [3.63, 3.8) is 0 Å². The van der Waals surface area contributed by atoms with Gasteiger partial charge in [0.15, 0.2) is 15.5 Å². The van der Waals surface area contributed by atoms with Crippen molar-refractivity contribution in [1.82, 2.24) is 14.5 Å². The molecule has 0 bridgehead atoms. The van der Waals surface area contributed by atoms with Crippen LogP contribution in [-0.4, -0.2) is 34.5 Å². The molecule has 0 saturated heterocycles. The number of nitrogens with zero attached hydrogens (tertiary/aromatic N) is 3. The van der Waals surface area contributed by atoms with Crippen molar-refractivity contribution >= 4 is 32.6 Å². The zero-order valence-electron chi connectivity index (χ0n) is 10.0. The van der Waals surface area contributed by atoms with Gasteiger partial charge in [0.1, 0.15) is 11.3 Å². The van der Waals surface area contributed by atoms with Crippen LogP contribution in [0.5, 0.6) is 0 Å². The molecule has 2 aromatic heterocycles. The Labute approximate surface area is 111 Å². The number of alkyl halides is 1. The fourth-order valence-electron chi connectivity index (χ4n) is 1.72. The summed E-state index contributed by atoms with van der Waals surface area (Å²) in [6.45, 7) is 1.98. The minimum atomic E-state index is -3.01. The molecule has 18 heavy (non-hydrogen) atoms. The van der Waals surface area contributed by atoms with Crippen LogP contribution in [0.25, 0.3) is 11.2 Å². The molecule has 0 fully saturated rings. The molecule has 98 valence electrons.